The van der Waals surface area contributed by atoms with Gasteiger partial charge in [-0.25, -0.2) is 12.7 Å². The molecule has 0 aromatic carbocycles. The second-order valence-corrected chi connectivity index (χ2v) is 8.37. The van der Waals surface area contributed by atoms with E-state index in [1.165, 1.54) is 0 Å². The molecule has 0 bridgehead atoms. The van der Waals surface area contributed by atoms with Crippen LogP contribution in [0.15, 0.2) is 22.9 Å². The molecule has 0 amide bonds. The molecule has 1 aromatic heterocycles. The van der Waals surface area contributed by atoms with Gasteiger partial charge >= 0.3 is 0 Å². The number of halogens is 1. The number of anilines is 1. The minimum Gasteiger partial charge on any atom is -0.383 e. The van der Waals surface area contributed by atoms with Crippen molar-refractivity contribution < 1.29 is 8.42 Å². The lowest BCUT2D eigenvalue weighted by molar-refractivity contribution is 0.444. The van der Waals surface area contributed by atoms with Crippen molar-refractivity contribution in [3.05, 3.63) is 22.9 Å². The van der Waals surface area contributed by atoms with Crippen molar-refractivity contribution in [2.45, 2.75) is 0 Å². The fourth-order valence-corrected chi connectivity index (χ4v) is 4.64. The summed E-state index contributed by atoms with van der Waals surface area (Å²) in [7, 11) is -3.14. The zero-order chi connectivity index (χ0) is 13.7. The molecule has 1 aliphatic rings. The van der Waals surface area contributed by atoms with Gasteiger partial charge in [0.25, 0.3) is 0 Å². The summed E-state index contributed by atoms with van der Waals surface area (Å²) in [6.45, 7) is 1.65. The van der Waals surface area contributed by atoms with Crippen molar-refractivity contribution in [1.29, 1.82) is 0 Å². The third kappa shape index (κ3) is 4.62. The van der Waals surface area contributed by atoms with Gasteiger partial charge in [-0.2, -0.15) is 11.8 Å². The normalized spacial score (nSPS) is 17.3. The van der Waals surface area contributed by atoms with Crippen LogP contribution in [0.25, 0.3) is 0 Å². The van der Waals surface area contributed by atoms with Crippen molar-refractivity contribution in [3.8, 4) is 0 Å². The molecule has 0 saturated carbocycles. The smallest absolute Gasteiger partial charge is 0.215 e. The van der Waals surface area contributed by atoms with Gasteiger partial charge in [-0.15, -0.1) is 0 Å². The Hall–Kier alpha value is -0.310. The van der Waals surface area contributed by atoms with Crippen LogP contribution < -0.4 is 5.32 Å². The second kappa shape index (κ2) is 6.92. The van der Waals surface area contributed by atoms with Crippen molar-refractivity contribution in [3.63, 3.8) is 0 Å². The van der Waals surface area contributed by atoms with Gasteiger partial charge in [0.2, 0.25) is 10.0 Å². The van der Waals surface area contributed by atoms with Gasteiger partial charge in [0.05, 0.1) is 17.6 Å². The molecule has 1 N–H and O–H groups in total. The number of rotatable bonds is 5. The molecule has 8 heteroatoms. The minimum absolute atomic E-state index is 0.115. The zero-order valence-corrected chi connectivity index (χ0v) is 13.6. The Morgan fingerprint density at radius 1 is 1.37 bits per heavy atom. The van der Waals surface area contributed by atoms with E-state index >= 15 is 0 Å². The van der Waals surface area contributed by atoms with E-state index in [4.69, 9.17) is 0 Å². The average molecular weight is 366 g/mol. The predicted octanol–water partition coefficient (Wildman–Crippen LogP) is 1.63. The first kappa shape index (κ1) is 15.1. The minimum atomic E-state index is -3.14. The molecule has 2 rings (SSSR count). The molecule has 1 aliphatic heterocycles. The Labute approximate surface area is 126 Å². The van der Waals surface area contributed by atoms with Crippen molar-refractivity contribution in [2.75, 3.05) is 42.2 Å². The Kier molecular flexibility index (Phi) is 5.49. The SMILES string of the molecule is O=S(=O)(CCNc1cncc(Br)c1)N1CCSCC1. The lowest BCUT2D eigenvalue weighted by atomic mass is 10.4. The number of thioether (sulfide) groups is 1. The van der Waals surface area contributed by atoms with Crippen molar-refractivity contribution in [1.82, 2.24) is 9.29 Å². The maximum atomic E-state index is 12.1. The lowest BCUT2D eigenvalue weighted by Gasteiger charge is -2.25. The molecule has 0 unspecified atom stereocenters. The van der Waals surface area contributed by atoms with Crippen LogP contribution in [0.3, 0.4) is 0 Å². The van der Waals surface area contributed by atoms with Gasteiger partial charge in [0.15, 0.2) is 0 Å². The summed E-state index contributed by atoms with van der Waals surface area (Å²) in [5.41, 5.74) is 0.818. The summed E-state index contributed by atoms with van der Waals surface area (Å²) in [5.74, 6) is 1.90. The van der Waals surface area contributed by atoms with E-state index < -0.39 is 10.0 Å². The highest BCUT2D eigenvalue weighted by molar-refractivity contribution is 9.10. The number of hydrogen-bond donors (Lipinski definition) is 1. The first-order valence-corrected chi connectivity index (χ1v) is 9.53. The molecule has 0 aliphatic carbocycles. The highest BCUT2D eigenvalue weighted by Crippen LogP contribution is 2.15. The van der Waals surface area contributed by atoms with Gasteiger partial charge in [-0.1, -0.05) is 0 Å². The van der Waals surface area contributed by atoms with Crippen LogP contribution in [0.1, 0.15) is 0 Å². The van der Waals surface area contributed by atoms with Crippen LogP contribution in [-0.4, -0.2) is 54.6 Å². The topological polar surface area (TPSA) is 62.3 Å². The fourth-order valence-electron chi connectivity index (χ4n) is 1.79. The third-order valence-corrected chi connectivity index (χ3v) is 6.01. The second-order valence-electron chi connectivity index (χ2n) is 4.15. The number of pyridine rings is 1. The van der Waals surface area contributed by atoms with Crippen LogP contribution in [0.4, 0.5) is 5.69 Å². The number of nitrogens with one attached hydrogen (secondary N) is 1. The monoisotopic (exact) mass is 365 g/mol. The summed E-state index contributed by atoms with van der Waals surface area (Å²) >= 11 is 5.13. The van der Waals surface area contributed by atoms with E-state index in [1.807, 2.05) is 6.07 Å². The lowest BCUT2D eigenvalue weighted by Crippen LogP contribution is -2.40. The Bertz CT molecular complexity index is 518. The number of sulfonamides is 1. The molecule has 0 spiro atoms. The molecular formula is C11H16BrN3O2S2. The molecule has 5 nitrogen and oxygen atoms in total. The number of hydrogen-bond acceptors (Lipinski definition) is 5. The summed E-state index contributed by atoms with van der Waals surface area (Å²) in [6.07, 6.45) is 3.36. The van der Waals surface area contributed by atoms with Crippen molar-refractivity contribution in [2.24, 2.45) is 0 Å². The van der Waals surface area contributed by atoms with E-state index in [1.54, 1.807) is 28.5 Å². The molecule has 19 heavy (non-hydrogen) atoms. The van der Waals surface area contributed by atoms with Gasteiger partial charge in [-0.3, -0.25) is 4.98 Å². The van der Waals surface area contributed by atoms with Crippen LogP contribution in [-0.2, 0) is 10.0 Å². The van der Waals surface area contributed by atoms with Crippen LogP contribution >= 0.6 is 27.7 Å². The predicted molar refractivity (Wildman–Crippen MR) is 83.1 cm³/mol. The molecule has 106 valence electrons. The molecular weight excluding hydrogens is 350 g/mol. The van der Waals surface area contributed by atoms with Crippen molar-refractivity contribution >= 4 is 43.4 Å². The standard InChI is InChI=1S/C11H16BrN3O2S2/c12-10-7-11(9-13-8-10)14-1-6-19(16,17)15-2-4-18-5-3-15/h7-9,14H,1-6H2. The van der Waals surface area contributed by atoms with E-state index in [2.05, 4.69) is 26.2 Å². The fraction of sp³-hybridized carbons (Fsp3) is 0.545. The van der Waals surface area contributed by atoms with Gasteiger partial charge in [0.1, 0.15) is 0 Å². The average Bonchev–Trinajstić information content (AvgIpc) is 2.40. The summed E-state index contributed by atoms with van der Waals surface area (Å²) in [5, 5.41) is 3.08. The quantitative estimate of drug-likeness (QED) is 0.859. The van der Waals surface area contributed by atoms with Crippen LogP contribution in [0.2, 0.25) is 0 Å². The number of aromatic nitrogens is 1. The van der Waals surface area contributed by atoms with E-state index in [0.717, 1.165) is 21.7 Å². The van der Waals surface area contributed by atoms with E-state index in [9.17, 15) is 8.42 Å². The molecule has 1 aromatic rings. The molecule has 0 atom stereocenters. The Morgan fingerprint density at radius 3 is 2.79 bits per heavy atom. The van der Waals surface area contributed by atoms with E-state index in [-0.39, 0.29) is 5.75 Å². The maximum absolute atomic E-state index is 12.1. The first-order valence-electron chi connectivity index (χ1n) is 5.98. The zero-order valence-electron chi connectivity index (χ0n) is 10.4. The highest BCUT2D eigenvalue weighted by atomic mass is 79.9. The third-order valence-electron chi connectivity index (χ3n) is 2.76. The molecule has 2 heterocycles. The van der Waals surface area contributed by atoms with Gasteiger partial charge < -0.3 is 5.32 Å². The largest absolute Gasteiger partial charge is 0.383 e. The van der Waals surface area contributed by atoms with Gasteiger partial charge in [-0.05, 0) is 22.0 Å². The van der Waals surface area contributed by atoms with Crippen LogP contribution in [0, 0.1) is 0 Å². The van der Waals surface area contributed by atoms with Gasteiger partial charge in [0, 0.05) is 41.8 Å². The molecule has 1 saturated heterocycles. The summed E-state index contributed by atoms with van der Waals surface area (Å²) < 4.78 is 26.6. The summed E-state index contributed by atoms with van der Waals surface area (Å²) in [6, 6.07) is 1.87. The highest BCUT2D eigenvalue weighted by Gasteiger charge is 2.23. The van der Waals surface area contributed by atoms with Crippen LogP contribution in [0.5, 0.6) is 0 Å². The van der Waals surface area contributed by atoms with E-state index in [0.29, 0.717) is 19.6 Å². The maximum Gasteiger partial charge on any atom is 0.215 e. The Balaban J connectivity index is 1.84. The molecule has 1 fully saturated rings. The first-order chi connectivity index (χ1) is 9.08. The molecule has 0 radical (unpaired) electrons. The summed E-state index contributed by atoms with van der Waals surface area (Å²) in [4.78, 5) is 4.02. The Morgan fingerprint density at radius 2 is 2.11 bits per heavy atom. The number of nitrogens with zero attached hydrogens (tertiary/aromatic N) is 2.